The zero-order valence-corrected chi connectivity index (χ0v) is 26.0. The number of rotatable bonds is 6. The van der Waals surface area contributed by atoms with E-state index in [1.54, 1.807) is 0 Å². The number of nitrogens with zero attached hydrogens (tertiary/aromatic N) is 2. The fourth-order valence-electron chi connectivity index (χ4n) is 7.16. The van der Waals surface area contributed by atoms with Crippen molar-refractivity contribution in [2.24, 2.45) is 4.99 Å². The van der Waals surface area contributed by atoms with Crippen LogP contribution in [0.15, 0.2) is 106 Å². The van der Waals surface area contributed by atoms with E-state index in [-0.39, 0.29) is 5.54 Å². The Morgan fingerprint density at radius 2 is 1.52 bits per heavy atom. The van der Waals surface area contributed by atoms with Crippen molar-refractivity contribution in [2.75, 3.05) is 0 Å². The molecule has 0 atom stereocenters. The first-order chi connectivity index (χ1) is 20.2. The van der Waals surface area contributed by atoms with Gasteiger partial charge in [-0.1, -0.05) is 72.5 Å². The number of hydrogen-bond donors (Lipinski definition) is 1. The Labute approximate surface area is 252 Å². The molecule has 0 amide bonds. The molecule has 0 bridgehead atoms. The third-order valence-corrected chi connectivity index (χ3v) is 9.85. The van der Waals surface area contributed by atoms with Gasteiger partial charge in [-0.2, -0.15) is 4.57 Å². The van der Waals surface area contributed by atoms with Gasteiger partial charge in [-0.05, 0) is 93.2 Å². The molecule has 2 heterocycles. The molecule has 2 aliphatic carbocycles. The second-order valence-electron chi connectivity index (χ2n) is 13.3. The van der Waals surface area contributed by atoms with Crippen LogP contribution in [-0.4, -0.2) is 10.8 Å². The first-order valence-electron chi connectivity index (χ1n) is 15.7. The third kappa shape index (κ3) is 5.36. The lowest BCUT2D eigenvalue weighted by Gasteiger charge is -2.30. The van der Waals surface area contributed by atoms with Crippen molar-refractivity contribution in [3.63, 3.8) is 0 Å². The van der Waals surface area contributed by atoms with E-state index >= 15 is 0 Å². The van der Waals surface area contributed by atoms with Crippen LogP contribution in [0.3, 0.4) is 0 Å². The number of pyridine rings is 1. The lowest BCUT2D eigenvalue weighted by atomic mass is 9.79. The summed E-state index contributed by atoms with van der Waals surface area (Å²) in [5.41, 5.74) is 13.0. The molecule has 2 aromatic carbocycles. The van der Waals surface area contributed by atoms with Crippen LogP contribution in [-0.2, 0) is 11.1 Å². The minimum Gasteiger partial charge on any atom is -0.385 e. The Hall–Kier alpha value is -3.56. The van der Waals surface area contributed by atoms with Crippen LogP contribution in [0.1, 0.15) is 90.2 Å². The fourth-order valence-corrected chi connectivity index (χ4v) is 7.16. The Kier molecular flexibility index (Phi) is 7.66. The zero-order chi connectivity index (χ0) is 29.5. The Bertz CT molecular complexity index is 1630. The number of hydrogen-bond acceptors (Lipinski definition) is 2. The molecule has 0 saturated heterocycles. The van der Waals surface area contributed by atoms with Gasteiger partial charge in [0.25, 0.3) is 0 Å². The van der Waals surface area contributed by atoms with Crippen LogP contribution in [0.4, 0.5) is 0 Å². The topological polar surface area (TPSA) is 36.5 Å². The van der Waals surface area contributed by atoms with Gasteiger partial charge in [-0.15, -0.1) is 0 Å². The molecule has 6 rings (SSSR count). The van der Waals surface area contributed by atoms with E-state index in [4.69, 9.17) is 4.99 Å². The first-order valence-corrected chi connectivity index (χ1v) is 15.7. The molecule has 1 fully saturated rings. The lowest BCUT2D eigenvalue weighted by Crippen LogP contribution is -2.55. The molecule has 0 unspecified atom stereocenters. The average Bonchev–Trinajstić information content (AvgIpc) is 3.45. The Morgan fingerprint density at radius 3 is 2.21 bits per heavy atom. The van der Waals surface area contributed by atoms with Crippen molar-refractivity contribution < 1.29 is 9.67 Å². The largest absolute Gasteiger partial charge is 0.385 e. The van der Waals surface area contributed by atoms with E-state index < -0.39 is 5.60 Å². The van der Waals surface area contributed by atoms with E-state index in [1.807, 2.05) is 0 Å². The van der Waals surface area contributed by atoms with Crippen LogP contribution in [0.5, 0.6) is 0 Å². The van der Waals surface area contributed by atoms with E-state index in [9.17, 15) is 5.11 Å². The molecular formula is C39H45N2O+. The highest BCUT2D eigenvalue weighted by Crippen LogP contribution is 2.40. The molecule has 1 aliphatic heterocycles. The molecule has 3 aliphatic rings. The molecule has 0 radical (unpaired) electrons. The average molecular weight is 558 g/mol. The lowest BCUT2D eigenvalue weighted by molar-refractivity contribution is -0.737. The molecule has 1 N–H and O–H groups in total. The van der Waals surface area contributed by atoms with Crippen LogP contribution in [0, 0.1) is 6.92 Å². The molecule has 1 aromatic heterocycles. The molecule has 3 nitrogen and oxygen atoms in total. The maximum absolute atomic E-state index is 11.1. The summed E-state index contributed by atoms with van der Waals surface area (Å²) >= 11 is 0. The van der Waals surface area contributed by atoms with Gasteiger partial charge in [0.15, 0.2) is 11.7 Å². The molecule has 42 heavy (non-hydrogen) atoms. The first kappa shape index (κ1) is 28.6. The monoisotopic (exact) mass is 557 g/mol. The molecular weight excluding hydrogens is 512 g/mol. The summed E-state index contributed by atoms with van der Waals surface area (Å²) < 4.78 is 2.48. The van der Waals surface area contributed by atoms with E-state index in [1.165, 1.54) is 56.0 Å². The van der Waals surface area contributed by atoms with Gasteiger partial charge in [0.1, 0.15) is 0 Å². The highest BCUT2D eigenvalue weighted by molar-refractivity contribution is 6.02. The summed E-state index contributed by atoms with van der Waals surface area (Å²) in [4.78, 5) is 4.95. The number of aryl methyl sites for hydroxylation is 1. The second-order valence-corrected chi connectivity index (χ2v) is 13.3. The van der Waals surface area contributed by atoms with Crippen molar-refractivity contribution in [1.82, 2.24) is 0 Å². The van der Waals surface area contributed by atoms with Crippen molar-refractivity contribution in [3.05, 3.63) is 113 Å². The van der Waals surface area contributed by atoms with Crippen LogP contribution in [0.2, 0.25) is 0 Å². The molecule has 3 aromatic rings. The maximum Gasteiger partial charge on any atom is 0.214 e. The van der Waals surface area contributed by atoms with Crippen LogP contribution < -0.4 is 4.57 Å². The minimum absolute atomic E-state index is 0.290. The summed E-state index contributed by atoms with van der Waals surface area (Å²) in [5, 5.41) is 11.1. The standard InChI is InChI=1S/C39H45N2O/c1-27-12-18-34(36-19-13-28(2)26-40-36)35(24-27)38(4,5)41-23-20-31(25-37(41)33-11-7-6-10-29(33)3)30-14-16-32(17-15-30)39(42)21-8-9-22-39/h6-7,10-11,14-17,20,23-26,42H,8-9,12-13,18-19,21-22H2,1-5H3/q+1. The van der Waals surface area contributed by atoms with Crippen LogP contribution in [0.25, 0.3) is 22.4 Å². The normalized spacial score (nSPS) is 19.0. The van der Waals surface area contributed by atoms with E-state index in [0.717, 1.165) is 56.9 Å². The van der Waals surface area contributed by atoms with Gasteiger partial charge >= 0.3 is 0 Å². The summed E-state index contributed by atoms with van der Waals surface area (Å²) in [6.07, 6.45) is 14.9. The quantitative estimate of drug-likeness (QED) is 0.301. The van der Waals surface area contributed by atoms with Crippen molar-refractivity contribution in [1.29, 1.82) is 0 Å². The second kappa shape index (κ2) is 11.3. The molecule has 3 heteroatoms. The number of aliphatic hydroxyl groups is 1. The molecule has 0 spiro atoms. The Morgan fingerprint density at radius 1 is 0.810 bits per heavy atom. The SMILES string of the molecule is CC1=CN=C(C2=C(C(C)(C)[n+]3ccc(-c4ccc(C5(O)CCCC5)cc4)cc3-c3ccccc3C)C=C(C)CC2)CC1. The smallest absolute Gasteiger partial charge is 0.214 e. The molecule has 216 valence electrons. The highest BCUT2D eigenvalue weighted by Gasteiger charge is 2.39. The van der Waals surface area contributed by atoms with Gasteiger partial charge in [0.2, 0.25) is 5.69 Å². The maximum atomic E-state index is 11.1. The number of aromatic nitrogens is 1. The fraction of sp³-hybridized carbons (Fsp3) is 0.385. The summed E-state index contributed by atoms with van der Waals surface area (Å²) in [5.74, 6) is 0. The molecule has 1 saturated carbocycles. The summed E-state index contributed by atoms with van der Waals surface area (Å²) in [6.45, 7) is 11.4. The summed E-state index contributed by atoms with van der Waals surface area (Å²) in [6, 6.07) is 22.0. The third-order valence-electron chi connectivity index (χ3n) is 9.85. The number of aliphatic imine (C=N–C) groups is 1. The van der Waals surface area contributed by atoms with Gasteiger partial charge in [-0.25, -0.2) is 0 Å². The van der Waals surface area contributed by atoms with Crippen molar-refractivity contribution >= 4 is 5.71 Å². The number of benzene rings is 2. The van der Waals surface area contributed by atoms with Gasteiger partial charge in [0, 0.05) is 49.0 Å². The van der Waals surface area contributed by atoms with Crippen molar-refractivity contribution in [3.8, 4) is 22.4 Å². The predicted molar refractivity (Wildman–Crippen MR) is 174 cm³/mol. The Balaban J connectivity index is 1.48. The van der Waals surface area contributed by atoms with Gasteiger partial charge < -0.3 is 5.11 Å². The number of allylic oxidation sites excluding steroid dienone is 5. The predicted octanol–water partition coefficient (Wildman–Crippen LogP) is 9.29. The zero-order valence-electron chi connectivity index (χ0n) is 26.0. The van der Waals surface area contributed by atoms with Crippen molar-refractivity contribution in [2.45, 2.75) is 97.1 Å². The van der Waals surface area contributed by atoms with Gasteiger partial charge in [-0.3, -0.25) is 4.99 Å². The minimum atomic E-state index is -0.664. The van der Waals surface area contributed by atoms with E-state index in [0.29, 0.717) is 0 Å². The summed E-state index contributed by atoms with van der Waals surface area (Å²) in [7, 11) is 0. The highest BCUT2D eigenvalue weighted by atomic mass is 16.3. The van der Waals surface area contributed by atoms with Crippen LogP contribution >= 0.6 is 0 Å². The van der Waals surface area contributed by atoms with E-state index in [2.05, 4.69) is 118 Å². The van der Waals surface area contributed by atoms with Gasteiger partial charge in [0.05, 0.1) is 5.60 Å².